The number of hydrogen-bond donors (Lipinski definition) is 1. The van der Waals surface area contributed by atoms with Crippen LogP contribution in [0.4, 0.5) is 0 Å². The smallest absolute Gasteiger partial charge is 0.124 e. The van der Waals surface area contributed by atoms with Gasteiger partial charge in [0.25, 0.3) is 0 Å². The van der Waals surface area contributed by atoms with Gasteiger partial charge in [-0.1, -0.05) is 23.7 Å². The second-order valence-corrected chi connectivity index (χ2v) is 4.49. The van der Waals surface area contributed by atoms with E-state index in [0.717, 1.165) is 22.6 Å². The first kappa shape index (κ1) is 12.9. The van der Waals surface area contributed by atoms with Crippen LogP contribution < -0.4 is 10.5 Å². The van der Waals surface area contributed by atoms with Crippen molar-refractivity contribution in [1.82, 2.24) is 4.98 Å². The van der Waals surface area contributed by atoms with Crippen LogP contribution in [0.5, 0.6) is 5.75 Å². The second kappa shape index (κ2) is 5.38. The monoisotopic (exact) mass is 262 g/mol. The first-order chi connectivity index (χ1) is 8.63. The zero-order valence-electron chi connectivity index (χ0n) is 10.4. The lowest BCUT2D eigenvalue weighted by Crippen LogP contribution is -2.07. The van der Waals surface area contributed by atoms with E-state index in [9.17, 15) is 0 Å². The molecule has 0 amide bonds. The highest BCUT2D eigenvalue weighted by Gasteiger charge is 2.11. The molecule has 0 spiro atoms. The van der Waals surface area contributed by atoms with E-state index in [-0.39, 0.29) is 6.04 Å². The molecule has 2 N–H and O–H groups in total. The van der Waals surface area contributed by atoms with Crippen molar-refractivity contribution >= 4 is 11.6 Å². The molecule has 1 aromatic carbocycles. The molecular weight excluding hydrogens is 248 g/mol. The second-order valence-electron chi connectivity index (χ2n) is 4.08. The quantitative estimate of drug-likeness (QED) is 0.922. The Kier molecular flexibility index (Phi) is 3.84. The molecule has 1 heterocycles. The SMILES string of the molecule is COc1cc(-c2ncccc2Cl)ccc1[C@H](C)N. The molecule has 1 atom stereocenters. The summed E-state index contributed by atoms with van der Waals surface area (Å²) >= 11 is 6.13. The Labute approximate surface area is 112 Å². The molecule has 0 fully saturated rings. The molecule has 0 aliphatic rings. The zero-order chi connectivity index (χ0) is 13.1. The molecule has 3 nitrogen and oxygen atoms in total. The van der Waals surface area contributed by atoms with E-state index in [2.05, 4.69) is 4.98 Å². The third kappa shape index (κ3) is 2.47. The van der Waals surface area contributed by atoms with Crippen molar-refractivity contribution in [2.75, 3.05) is 7.11 Å². The zero-order valence-corrected chi connectivity index (χ0v) is 11.1. The van der Waals surface area contributed by atoms with E-state index in [0.29, 0.717) is 5.02 Å². The molecular formula is C14H15ClN2O. The van der Waals surface area contributed by atoms with Gasteiger partial charge in [-0.3, -0.25) is 4.98 Å². The Morgan fingerprint density at radius 3 is 2.72 bits per heavy atom. The van der Waals surface area contributed by atoms with Crippen molar-refractivity contribution in [3.05, 3.63) is 47.1 Å². The summed E-state index contributed by atoms with van der Waals surface area (Å²) in [5.41, 5.74) is 8.52. The first-order valence-corrected chi connectivity index (χ1v) is 6.05. The van der Waals surface area contributed by atoms with Crippen LogP contribution >= 0.6 is 11.6 Å². The minimum Gasteiger partial charge on any atom is -0.496 e. The van der Waals surface area contributed by atoms with Crippen LogP contribution in [-0.2, 0) is 0 Å². The summed E-state index contributed by atoms with van der Waals surface area (Å²) < 4.78 is 5.36. The highest BCUT2D eigenvalue weighted by molar-refractivity contribution is 6.33. The fourth-order valence-corrected chi connectivity index (χ4v) is 2.06. The summed E-state index contributed by atoms with van der Waals surface area (Å²) in [6.45, 7) is 1.92. The fourth-order valence-electron chi connectivity index (χ4n) is 1.83. The van der Waals surface area contributed by atoms with Crippen LogP contribution in [0.25, 0.3) is 11.3 Å². The number of pyridine rings is 1. The summed E-state index contributed by atoms with van der Waals surface area (Å²) in [6, 6.07) is 9.36. The lowest BCUT2D eigenvalue weighted by molar-refractivity contribution is 0.407. The lowest BCUT2D eigenvalue weighted by Gasteiger charge is -2.13. The van der Waals surface area contributed by atoms with E-state index in [1.165, 1.54) is 0 Å². The molecule has 2 aromatic rings. The third-order valence-electron chi connectivity index (χ3n) is 2.76. The molecule has 0 saturated carbocycles. The number of ether oxygens (including phenoxy) is 1. The molecule has 94 valence electrons. The average Bonchev–Trinajstić information content (AvgIpc) is 2.38. The van der Waals surface area contributed by atoms with E-state index in [4.69, 9.17) is 22.1 Å². The molecule has 0 aliphatic carbocycles. The van der Waals surface area contributed by atoms with Crippen molar-refractivity contribution in [2.45, 2.75) is 13.0 Å². The predicted octanol–water partition coefficient (Wildman–Crippen LogP) is 3.43. The number of nitrogens with zero attached hydrogens (tertiary/aromatic N) is 1. The van der Waals surface area contributed by atoms with Gasteiger partial charge in [0.2, 0.25) is 0 Å². The number of methoxy groups -OCH3 is 1. The fraction of sp³-hybridized carbons (Fsp3) is 0.214. The van der Waals surface area contributed by atoms with Gasteiger partial charge in [0, 0.05) is 23.4 Å². The van der Waals surface area contributed by atoms with Gasteiger partial charge in [-0.2, -0.15) is 0 Å². The predicted molar refractivity (Wildman–Crippen MR) is 73.8 cm³/mol. The molecule has 18 heavy (non-hydrogen) atoms. The van der Waals surface area contributed by atoms with Crippen molar-refractivity contribution in [3.8, 4) is 17.0 Å². The Morgan fingerprint density at radius 2 is 2.11 bits per heavy atom. The minimum atomic E-state index is -0.0757. The van der Waals surface area contributed by atoms with Crippen LogP contribution in [0.2, 0.25) is 5.02 Å². The van der Waals surface area contributed by atoms with Crippen molar-refractivity contribution < 1.29 is 4.74 Å². The summed E-state index contributed by atoms with van der Waals surface area (Å²) in [4.78, 5) is 4.28. The molecule has 1 aromatic heterocycles. The molecule has 0 bridgehead atoms. The highest BCUT2D eigenvalue weighted by atomic mass is 35.5. The summed E-state index contributed by atoms with van der Waals surface area (Å²) in [7, 11) is 1.63. The van der Waals surface area contributed by atoms with Gasteiger partial charge in [0.1, 0.15) is 5.75 Å². The standard InChI is InChI=1S/C14H15ClN2O/c1-9(16)11-6-5-10(8-13(11)18-2)14-12(15)4-3-7-17-14/h3-9H,16H2,1-2H3/t9-/m0/s1. The van der Waals surface area contributed by atoms with Crippen molar-refractivity contribution in [3.63, 3.8) is 0 Å². The summed E-state index contributed by atoms with van der Waals surface area (Å²) in [5.74, 6) is 0.754. The molecule has 0 aliphatic heterocycles. The molecule has 2 rings (SSSR count). The Bertz CT molecular complexity index is 555. The van der Waals surface area contributed by atoms with Crippen LogP contribution in [0.3, 0.4) is 0 Å². The van der Waals surface area contributed by atoms with Crippen LogP contribution in [0, 0.1) is 0 Å². The third-order valence-corrected chi connectivity index (χ3v) is 3.06. The number of nitrogens with two attached hydrogens (primary N) is 1. The average molecular weight is 263 g/mol. The van der Waals surface area contributed by atoms with E-state index in [1.807, 2.05) is 31.2 Å². The molecule has 0 saturated heterocycles. The molecule has 0 radical (unpaired) electrons. The van der Waals surface area contributed by atoms with Gasteiger partial charge >= 0.3 is 0 Å². The van der Waals surface area contributed by atoms with Gasteiger partial charge in [-0.05, 0) is 25.1 Å². The van der Waals surface area contributed by atoms with Gasteiger partial charge < -0.3 is 10.5 Å². The number of halogens is 1. The number of rotatable bonds is 3. The van der Waals surface area contributed by atoms with Gasteiger partial charge in [0.15, 0.2) is 0 Å². The van der Waals surface area contributed by atoms with Crippen LogP contribution in [0.15, 0.2) is 36.5 Å². The number of aromatic nitrogens is 1. The topological polar surface area (TPSA) is 48.1 Å². The summed E-state index contributed by atoms with van der Waals surface area (Å²) in [5, 5.41) is 0.619. The van der Waals surface area contributed by atoms with Crippen LogP contribution in [-0.4, -0.2) is 12.1 Å². The van der Waals surface area contributed by atoms with Gasteiger partial charge in [-0.15, -0.1) is 0 Å². The Morgan fingerprint density at radius 1 is 1.33 bits per heavy atom. The molecule has 0 unspecified atom stereocenters. The van der Waals surface area contributed by atoms with E-state index < -0.39 is 0 Å². The lowest BCUT2D eigenvalue weighted by atomic mass is 10.0. The number of benzene rings is 1. The van der Waals surface area contributed by atoms with Crippen molar-refractivity contribution in [1.29, 1.82) is 0 Å². The van der Waals surface area contributed by atoms with E-state index >= 15 is 0 Å². The first-order valence-electron chi connectivity index (χ1n) is 5.68. The maximum absolute atomic E-state index is 6.13. The maximum atomic E-state index is 6.13. The Balaban J connectivity index is 2.51. The minimum absolute atomic E-state index is 0.0757. The highest BCUT2D eigenvalue weighted by Crippen LogP contribution is 2.32. The van der Waals surface area contributed by atoms with Gasteiger partial charge in [-0.25, -0.2) is 0 Å². The molecule has 4 heteroatoms. The van der Waals surface area contributed by atoms with Gasteiger partial charge in [0.05, 0.1) is 17.8 Å². The van der Waals surface area contributed by atoms with Crippen molar-refractivity contribution in [2.24, 2.45) is 5.73 Å². The number of hydrogen-bond acceptors (Lipinski definition) is 3. The normalized spacial score (nSPS) is 12.2. The summed E-state index contributed by atoms with van der Waals surface area (Å²) in [6.07, 6.45) is 1.72. The van der Waals surface area contributed by atoms with Crippen LogP contribution in [0.1, 0.15) is 18.5 Å². The largest absolute Gasteiger partial charge is 0.496 e. The maximum Gasteiger partial charge on any atom is 0.124 e. The Hall–Kier alpha value is -1.58. The van der Waals surface area contributed by atoms with E-state index in [1.54, 1.807) is 19.4 Å².